The van der Waals surface area contributed by atoms with E-state index in [1.807, 2.05) is 12.1 Å². The molecule has 0 radical (unpaired) electrons. The molecular formula is C16H13NO3S. The lowest BCUT2D eigenvalue weighted by Gasteiger charge is -2.07. The second kappa shape index (κ2) is 7.36. The summed E-state index contributed by atoms with van der Waals surface area (Å²) in [5.41, 5.74) is 0.896. The Kier molecular flexibility index (Phi) is 5.24. The van der Waals surface area contributed by atoms with E-state index in [1.165, 1.54) is 11.8 Å². The van der Waals surface area contributed by atoms with Crippen LogP contribution in [0.25, 0.3) is 0 Å². The molecule has 5 heteroatoms. The highest BCUT2D eigenvalue weighted by molar-refractivity contribution is 7.99. The first-order chi connectivity index (χ1) is 10.2. The van der Waals surface area contributed by atoms with Gasteiger partial charge in [-0.3, -0.25) is 0 Å². The quantitative estimate of drug-likeness (QED) is 0.653. The van der Waals surface area contributed by atoms with Crippen molar-refractivity contribution >= 4 is 17.7 Å². The van der Waals surface area contributed by atoms with Gasteiger partial charge in [-0.05, 0) is 36.4 Å². The lowest BCUT2D eigenvalue weighted by molar-refractivity contribution is 0.0693. The van der Waals surface area contributed by atoms with Gasteiger partial charge in [-0.25, -0.2) is 4.79 Å². The topological polar surface area (TPSA) is 70.3 Å². The monoisotopic (exact) mass is 299 g/mol. The third-order valence-electron chi connectivity index (χ3n) is 2.71. The Hall–Kier alpha value is -2.45. The van der Waals surface area contributed by atoms with Crippen LogP contribution in [0.5, 0.6) is 5.75 Å². The zero-order chi connectivity index (χ0) is 15.1. The minimum atomic E-state index is -0.925. The average molecular weight is 299 g/mol. The molecule has 0 saturated heterocycles. The molecular weight excluding hydrogens is 286 g/mol. The minimum Gasteiger partial charge on any atom is -0.493 e. The van der Waals surface area contributed by atoms with Gasteiger partial charge in [0.1, 0.15) is 5.75 Å². The summed E-state index contributed by atoms with van der Waals surface area (Å²) in [4.78, 5) is 11.8. The van der Waals surface area contributed by atoms with E-state index in [2.05, 4.69) is 0 Å². The molecule has 2 aromatic rings. The number of benzene rings is 2. The molecule has 1 N–H and O–H groups in total. The maximum absolute atomic E-state index is 11.1. The summed E-state index contributed by atoms with van der Waals surface area (Å²) in [7, 11) is 0. The summed E-state index contributed by atoms with van der Waals surface area (Å²) >= 11 is 1.44. The predicted octanol–water partition coefficient (Wildman–Crippen LogP) is 3.43. The Morgan fingerprint density at radius 3 is 2.57 bits per heavy atom. The first-order valence-electron chi connectivity index (χ1n) is 6.29. The van der Waals surface area contributed by atoms with Crippen LogP contribution in [-0.4, -0.2) is 23.4 Å². The lowest BCUT2D eigenvalue weighted by atomic mass is 10.2. The van der Waals surface area contributed by atoms with E-state index in [1.54, 1.807) is 42.5 Å². The van der Waals surface area contributed by atoms with Gasteiger partial charge in [0.15, 0.2) is 0 Å². The summed E-state index contributed by atoms with van der Waals surface area (Å²) in [5.74, 6) is 0.414. The Morgan fingerprint density at radius 1 is 1.19 bits per heavy atom. The van der Waals surface area contributed by atoms with Crippen LogP contribution in [0.4, 0.5) is 0 Å². The van der Waals surface area contributed by atoms with Crippen LogP contribution in [0.1, 0.15) is 15.9 Å². The van der Waals surface area contributed by atoms with Crippen molar-refractivity contribution in [2.24, 2.45) is 0 Å². The van der Waals surface area contributed by atoms with E-state index in [4.69, 9.17) is 15.1 Å². The van der Waals surface area contributed by atoms with Crippen molar-refractivity contribution in [2.45, 2.75) is 4.90 Å². The van der Waals surface area contributed by atoms with Crippen molar-refractivity contribution in [1.29, 1.82) is 5.26 Å². The molecule has 106 valence electrons. The molecule has 0 saturated carbocycles. The molecule has 0 aliphatic carbocycles. The van der Waals surface area contributed by atoms with E-state index in [9.17, 15) is 4.79 Å². The molecule has 0 aliphatic rings. The van der Waals surface area contributed by atoms with E-state index >= 15 is 0 Å². The standard InChI is InChI=1S/C16H13NO3S/c17-11-12-5-7-13(8-6-12)20-9-10-21-15-4-2-1-3-14(15)16(18)19/h1-8H,9-10H2,(H,18,19). The summed E-state index contributed by atoms with van der Waals surface area (Å²) in [6, 6.07) is 15.8. The summed E-state index contributed by atoms with van der Waals surface area (Å²) in [6.45, 7) is 0.463. The number of carboxylic acid groups (broad SMARTS) is 1. The molecule has 21 heavy (non-hydrogen) atoms. The van der Waals surface area contributed by atoms with Gasteiger partial charge >= 0.3 is 5.97 Å². The summed E-state index contributed by atoms with van der Waals surface area (Å²) in [6.07, 6.45) is 0. The van der Waals surface area contributed by atoms with E-state index in [0.29, 0.717) is 29.2 Å². The van der Waals surface area contributed by atoms with Gasteiger partial charge < -0.3 is 9.84 Å². The number of nitrogens with zero attached hydrogens (tertiary/aromatic N) is 1. The summed E-state index contributed by atoms with van der Waals surface area (Å²) < 4.78 is 5.55. The third kappa shape index (κ3) is 4.26. The molecule has 0 aromatic heterocycles. The van der Waals surface area contributed by atoms with E-state index in [-0.39, 0.29) is 0 Å². The normalized spacial score (nSPS) is 9.86. The average Bonchev–Trinajstić information content (AvgIpc) is 2.52. The molecule has 2 rings (SSSR count). The van der Waals surface area contributed by atoms with Gasteiger partial charge in [-0.1, -0.05) is 12.1 Å². The fraction of sp³-hybridized carbons (Fsp3) is 0.125. The van der Waals surface area contributed by atoms with Crippen LogP contribution < -0.4 is 4.74 Å². The van der Waals surface area contributed by atoms with Crippen LogP contribution in [0.2, 0.25) is 0 Å². The van der Waals surface area contributed by atoms with Crippen molar-refractivity contribution in [3.63, 3.8) is 0 Å². The molecule has 0 bridgehead atoms. The lowest BCUT2D eigenvalue weighted by Crippen LogP contribution is -2.02. The number of aromatic carboxylic acids is 1. The van der Waals surface area contributed by atoms with Crippen molar-refractivity contribution in [2.75, 3.05) is 12.4 Å². The van der Waals surface area contributed by atoms with Gasteiger partial charge in [-0.15, -0.1) is 11.8 Å². The molecule has 0 spiro atoms. The first kappa shape index (κ1) is 14.9. The number of carbonyl (C=O) groups is 1. The number of rotatable bonds is 6. The number of hydrogen-bond acceptors (Lipinski definition) is 4. The zero-order valence-electron chi connectivity index (χ0n) is 11.2. The maximum Gasteiger partial charge on any atom is 0.336 e. The van der Waals surface area contributed by atoms with Crippen molar-refractivity contribution in [3.8, 4) is 11.8 Å². The zero-order valence-corrected chi connectivity index (χ0v) is 12.0. The SMILES string of the molecule is N#Cc1ccc(OCCSc2ccccc2C(=O)O)cc1. The highest BCUT2D eigenvalue weighted by Crippen LogP contribution is 2.22. The maximum atomic E-state index is 11.1. The van der Waals surface area contributed by atoms with E-state index in [0.717, 1.165) is 4.90 Å². The number of nitriles is 1. The molecule has 0 unspecified atom stereocenters. The smallest absolute Gasteiger partial charge is 0.336 e. The number of hydrogen-bond donors (Lipinski definition) is 1. The number of thioether (sulfide) groups is 1. The fourth-order valence-electron chi connectivity index (χ4n) is 1.71. The molecule has 4 nitrogen and oxygen atoms in total. The van der Waals surface area contributed by atoms with Gasteiger partial charge in [0.25, 0.3) is 0 Å². The third-order valence-corrected chi connectivity index (χ3v) is 3.75. The van der Waals surface area contributed by atoms with Gasteiger partial charge in [0, 0.05) is 10.6 Å². The molecule has 0 fully saturated rings. The van der Waals surface area contributed by atoms with Gasteiger partial charge in [0.2, 0.25) is 0 Å². The van der Waals surface area contributed by atoms with Crippen LogP contribution in [0.15, 0.2) is 53.4 Å². The highest BCUT2D eigenvalue weighted by Gasteiger charge is 2.08. The molecule has 2 aromatic carbocycles. The predicted molar refractivity (Wildman–Crippen MR) is 80.8 cm³/mol. The van der Waals surface area contributed by atoms with Crippen molar-refractivity contribution < 1.29 is 14.6 Å². The first-order valence-corrected chi connectivity index (χ1v) is 7.27. The number of carboxylic acids is 1. The second-order valence-electron chi connectivity index (χ2n) is 4.13. The molecule has 0 amide bonds. The molecule has 0 aliphatic heterocycles. The van der Waals surface area contributed by atoms with Crippen LogP contribution in [0, 0.1) is 11.3 Å². The Balaban J connectivity index is 1.85. The van der Waals surface area contributed by atoms with Gasteiger partial charge in [0.05, 0.1) is 23.8 Å². The fourth-order valence-corrected chi connectivity index (χ4v) is 2.58. The van der Waals surface area contributed by atoms with Crippen LogP contribution >= 0.6 is 11.8 Å². The number of ether oxygens (including phenoxy) is 1. The van der Waals surface area contributed by atoms with Gasteiger partial charge in [-0.2, -0.15) is 5.26 Å². The Labute approximate surface area is 127 Å². The van der Waals surface area contributed by atoms with Crippen LogP contribution in [-0.2, 0) is 0 Å². The van der Waals surface area contributed by atoms with Crippen LogP contribution in [0.3, 0.4) is 0 Å². The molecule has 0 heterocycles. The molecule has 0 atom stereocenters. The van der Waals surface area contributed by atoms with Crippen molar-refractivity contribution in [3.05, 3.63) is 59.7 Å². The second-order valence-corrected chi connectivity index (χ2v) is 5.27. The van der Waals surface area contributed by atoms with E-state index < -0.39 is 5.97 Å². The minimum absolute atomic E-state index is 0.306. The summed E-state index contributed by atoms with van der Waals surface area (Å²) in [5, 5.41) is 17.8. The Bertz CT molecular complexity index is 662. The Morgan fingerprint density at radius 2 is 1.90 bits per heavy atom. The van der Waals surface area contributed by atoms with Crippen molar-refractivity contribution in [1.82, 2.24) is 0 Å². The highest BCUT2D eigenvalue weighted by atomic mass is 32.2. The largest absolute Gasteiger partial charge is 0.493 e.